The monoisotopic (exact) mass is 230 g/mol. The second-order valence-electron chi connectivity index (χ2n) is 2.91. The standard InChI is InChI=1S/C9H12F2N4O/c10-7(11)5-16-8-6(2-1-3-14-8)4-15-9(12)13/h1-3,7H,4-5H2,(H4,12,13,15). The number of alkyl halides is 2. The van der Waals surface area contributed by atoms with Crippen LogP contribution >= 0.6 is 0 Å². The number of guanidine groups is 1. The highest BCUT2D eigenvalue weighted by Crippen LogP contribution is 2.15. The highest BCUT2D eigenvalue weighted by atomic mass is 19.3. The number of hydrogen-bond acceptors (Lipinski definition) is 3. The minimum atomic E-state index is -2.54. The number of aromatic nitrogens is 1. The molecular formula is C9H12F2N4O. The van der Waals surface area contributed by atoms with E-state index in [1.807, 2.05) is 0 Å². The molecule has 0 aliphatic heterocycles. The lowest BCUT2D eigenvalue weighted by atomic mass is 10.3. The van der Waals surface area contributed by atoms with Gasteiger partial charge in [-0.05, 0) is 6.07 Å². The van der Waals surface area contributed by atoms with E-state index in [0.29, 0.717) is 5.56 Å². The molecule has 0 spiro atoms. The van der Waals surface area contributed by atoms with E-state index in [-0.39, 0.29) is 18.4 Å². The molecule has 1 rings (SSSR count). The summed E-state index contributed by atoms with van der Waals surface area (Å²) in [6, 6.07) is 3.30. The zero-order valence-corrected chi connectivity index (χ0v) is 8.44. The fourth-order valence-corrected chi connectivity index (χ4v) is 0.993. The molecule has 0 saturated carbocycles. The number of ether oxygens (including phenoxy) is 1. The summed E-state index contributed by atoms with van der Waals surface area (Å²) in [5.74, 6) is 0.0384. The first kappa shape index (κ1) is 12.2. The summed E-state index contributed by atoms with van der Waals surface area (Å²) in [4.78, 5) is 7.57. The summed E-state index contributed by atoms with van der Waals surface area (Å²) in [5, 5.41) is 0. The fraction of sp³-hybridized carbons (Fsp3) is 0.333. The van der Waals surface area contributed by atoms with Gasteiger partial charge in [-0.25, -0.2) is 18.8 Å². The van der Waals surface area contributed by atoms with Gasteiger partial charge in [-0.15, -0.1) is 0 Å². The SMILES string of the molecule is NC(N)=NCc1cccnc1OCC(F)F. The maximum atomic E-state index is 11.9. The minimum Gasteiger partial charge on any atom is -0.471 e. The average Bonchev–Trinajstić information content (AvgIpc) is 2.24. The van der Waals surface area contributed by atoms with Crippen molar-refractivity contribution in [1.82, 2.24) is 4.98 Å². The van der Waals surface area contributed by atoms with Crippen molar-refractivity contribution in [3.05, 3.63) is 23.9 Å². The van der Waals surface area contributed by atoms with Gasteiger partial charge in [0.2, 0.25) is 5.88 Å². The van der Waals surface area contributed by atoms with Gasteiger partial charge in [0, 0.05) is 11.8 Å². The molecule has 88 valence electrons. The van der Waals surface area contributed by atoms with Crippen LogP contribution in [-0.4, -0.2) is 24.0 Å². The zero-order valence-electron chi connectivity index (χ0n) is 8.44. The van der Waals surface area contributed by atoms with Crippen molar-refractivity contribution in [2.45, 2.75) is 13.0 Å². The van der Waals surface area contributed by atoms with E-state index in [9.17, 15) is 8.78 Å². The van der Waals surface area contributed by atoms with E-state index in [4.69, 9.17) is 16.2 Å². The van der Waals surface area contributed by atoms with Gasteiger partial charge in [0.15, 0.2) is 12.6 Å². The summed E-state index contributed by atoms with van der Waals surface area (Å²) in [7, 11) is 0. The Kier molecular flexibility index (Phi) is 4.43. The van der Waals surface area contributed by atoms with Crippen LogP contribution in [-0.2, 0) is 6.54 Å². The Labute approximate surface area is 91.1 Å². The van der Waals surface area contributed by atoms with Crippen LogP contribution in [0.5, 0.6) is 5.88 Å². The molecule has 0 aliphatic carbocycles. The van der Waals surface area contributed by atoms with Gasteiger partial charge in [0.05, 0.1) is 6.54 Å². The van der Waals surface area contributed by atoms with Gasteiger partial charge >= 0.3 is 0 Å². The molecule has 0 aliphatic rings. The second-order valence-corrected chi connectivity index (χ2v) is 2.91. The maximum Gasteiger partial charge on any atom is 0.272 e. The Balaban J connectivity index is 2.71. The van der Waals surface area contributed by atoms with E-state index in [1.54, 1.807) is 12.1 Å². The lowest BCUT2D eigenvalue weighted by molar-refractivity contribution is 0.0791. The van der Waals surface area contributed by atoms with Crippen LogP contribution < -0.4 is 16.2 Å². The first-order chi connectivity index (χ1) is 7.59. The normalized spacial score (nSPS) is 10.2. The van der Waals surface area contributed by atoms with Gasteiger partial charge in [-0.3, -0.25) is 0 Å². The van der Waals surface area contributed by atoms with Gasteiger partial charge in [0.1, 0.15) is 0 Å². The molecule has 0 bridgehead atoms. The highest BCUT2D eigenvalue weighted by Gasteiger charge is 2.08. The Morgan fingerprint density at radius 2 is 2.25 bits per heavy atom. The topological polar surface area (TPSA) is 86.5 Å². The van der Waals surface area contributed by atoms with Crippen molar-refractivity contribution >= 4 is 5.96 Å². The first-order valence-corrected chi connectivity index (χ1v) is 4.50. The number of pyridine rings is 1. The summed E-state index contributed by atoms with van der Waals surface area (Å²) in [6.07, 6.45) is -1.10. The van der Waals surface area contributed by atoms with Crippen LogP contribution in [0.4, 0.5) is 8.78 Å². The third-order valence-corrected chi connectivity index (χ3v) is 1.63. The molecule has 4 N–H and O–H groups in total. The highest BCUT2D eigenvalue weighted by molar-refractivity contribution is 5.75. The van der Waals surface area contributed by atoms with E-state index in [1.165, 1.54) is 6.20 Å². The summed E-state index contributed by atoms with van der Waals surface area (Å²) < 4.78 is 28.7. The Morgan fingerprint density at radius 1 is 1.50 bits per heavy atom. The van der Waals surface area contributed by atoms with Crippen molar-refractivity contribution in [2.24, 2.45) is 16.5 Å². The summed E-state index contributed by atoms with van der Waals surface area (Å²) in [5.41, 5.74) is 10.9. The van der Waals surface area contributed by atoms with E-state index in [2.05, 4.69) is 9.98 Å². The largest absolute Gasteiger partial charge is 0.471 e. The number of halogens is 2. The van der Waals surface area contributed by atoms with Crippen LogP contribution in [0, 0.1) is 0 Å². The van der Waals surface area contributed by atoms with Gasteiger partial charge in [-0.1, -0.05) is 6.07 Å². The molecule has 1 aromatic rings. The maximum absolute atomic E-state index is 11.9. The lowest BCUT2D eigenvalue weighted by Crippen LogP contribution is -2.22. The zero-order chi connectivity index (χ0) is 12.0. The third kappa shape index (κ3) is 4.07. The first-order valence-electron chi connectivity index (χ1n) is 4.50. The van der Waals surface area contributed by atoms with Gasteiger partial charge < -0.3 is 16.2 Å². The molecule has 1 heterocycles. The van der Waals surface area contributed by atoms with Crippen LogP contribution in [0.1, 0.15) is 5.56 Å². The molecule has 0 unspecified atom stereocenters. The van der Waals surface area contributed by atoms with Gasteiger partial charge in [0.25, 0.3) is 6.43 Å². The van der Waals surface area contributed by atoms with Crippen LogP contribution in [0.15, 0.2) is 23.3 Å². The average molecular weight is 230 g/mol. The molecular weight excluding hydrogens is 218 g/mol. The van der Waals surface area contributed by atoms with Crippen molar-refractivity contribution in [3.63, 3.8) is 0 Å². The number of aliphatic imine (C=N–C) groups is 1. The number of hydrogen-bond donors (Lipinski definition) is 2. The smallest absolute Gasteiger partial charge is 0.272 e. The molecule has 0 aromatic carbocycles. The molecule has 0 atom stereocenters. The predicted molar refractivity (Wildman–Crippen MR) is 55.2 cm³/mol. The number of rotatable bonds is 5. The van der Waals surface area contributed by atoms with Crippen molar-refractivity contribution in [1.29, 1.82) is 0 Å². The van der Waals surface area contributed by atoms with Crippen LogP contribution in [0.3, 0.4) is 0 Å². The second kappa shape index (κ2) is 5.84. The lowest BCUT2D eigenvalue weighted by Gasteiger charge is -2.07. The number of nitrogens with zero attached hydrogens (tertiary/aromatic N) is 2. The third-order valence-electron chi connectivity index (χ3n) is 1.63. The molecule has 0 amide bonds. The van der Waals surface area contributed by atoms with Crippen molar-refractivity contribution in [2.75, 3.05) is 6.61 Å². The van der Waals surface area contributed by atoms with Gasteiger partial charge in [-0.2, -0.15) is 0 Å². The quantitative estimate of drug-likeness (QED) is 0.569. The summed E-state index contributed by atoms with van der Waals surface area (Å²) >= 11 is 0. The van der Waals surface area contributed by atoms with Crippen molar-refractivity contribution < 1.29 is 13.5 Å². The Morgan fingerprint density at radius 3 is 2.88 bits per heavy atom. The molecule has 16 heavy (non-hydrogen) atoms. The molecule has 0 fully saturated rings. The van der Waals surface area contributed by atoms with E-state index in [0.717, 1.165) is 0 Å². The molecule has 1 aromatic heterocycles. The molecule has 7 heteroatoms. The number of nitrogens with two attached hydrogens (primary N) is 2. The Hall–Kier alpha value is -1.92. The van der Waals surface area contributed by atoms with E-state index >= 15 is 0 Å². The molecule has 0 radical (unpaired) electrons. The Bertz CT molecular complexity index is 366. The minimum absolute atomic E-state index is 0.0799. The predicted octanol–water partition coefficient (Wildman–Crippen LogP) is 0.499. The van der Waals surface area contributed by atoms with Crippen LogP contribution in [0.2, 0.25) is 0 Å². The van der Waals surface area contributed by atoms with Crippen molar-refractivity contribution in [3.8, 4) is 5.88 Å². The fourth-order valence-electron chi connectivity index (χ4n) is 0.993. The molecule has 5 nitrogen and oxygen atoms in total. The summed E-state index contributed by atoms with van der Waals surface area (Å²) in [6.45, 7) is -0.555. The molecule has 0 saturated heterocycles. The van der Waals surface area contributed by atoms with Crippen LogP contribution in [0.25, 0.3) is 0 Å². The van der Waals surface area contributed by atoms with E-state index < -0.39 is 13.0 Å².